The van der Waals surface area contributed by atoms with E-state index < -0.39 is 144 Å². The Morgan fingerprint density at radius 2 is 0.677 bits per heavy atom. The second kappa shape index (κ2) is 25.4. The molecule has 1 aromatic rings. The van der Waals surface area contributed by atoms with Crippen LogP contribution in [0.3, 0.4) is 0 Å². The van der Waals surface area contributed by atoms with Crippen LogP contribution < -0.4 is 0 Å². The first-order valence-electron chi connectivity index (χ1n) is 15.9. The van der Waals surface area contributed by atoms with Gasteiger partial charge in [-0.2, -0.15) is 0 Å². The summed E-state index contributed by atoms with van der Waals surface area (Å²) in [7, 11) is -45.8. The topological polar surface area (TPSA) is 497 Å². The van der Waals surface area contributed by atoms with Gasteiger partial charge < -0.3 is 97.9 Å². The van der Waals surface area contributed by atoms with Gasteiger partial charge in [0.25, 0.3) is 5.79 Å². The molecule has 0 aliphatic carbocycles. The van der Waals surface area contributed by atoms with Gasteiger partial charge in [-0.3, -0.25) is 31.7 Å². The first kappa shape index (κ1) is 62.3. The standard InChI is InChI=1S/C22H48O30P10/c1-8-11-18(43-53(23)24,14-10-9-13(16(2,3)4)12-15(14)17(5,6)7)19(44-54(25)26,45-55(27)28)20(46-56(29)30,47-57(31)32)21(48-58(33)34,49-59(35)36)22(50-60(37)38,51-61(39)40)52-62(41)42/h9-10,12,23-42H,8,11H2,1-7H3. The molecule has 1 rings (SSSR count). The van der Waals surface area contributed by atoms with E-state index in [0.717, 1.165) is 6.07 Å². The molecule has 1 unspecified atom stereocenters. The normalized spacial score (nSPS) is 15.4. The van der Waals surface area contributed by atoms with Crippen molar-refractivity contribution < 1.29 is 143 Å². The Labute approximate surface area is 364 Å². The maximum atomic E-state index is 10.8. The zero-order valence-corrected chi connectivity index (χ0v) is 41.6. The zero-order valence-electron chi connectivity index (χ0n) is 32.6. The van der Waals surface area contributed by atoms with E-state index in [0.29, 0.717) is 5.56 Å². The van der Waals surface area contributed by atoms with Crippen molar-refractivity contribution in [3.05, 3.63) is 34.9 Å². The minimum atomic E-state index is -5.37. The highest BCUT2D eigenvalue weighted by molar-refractivity contribution is 7.42. The Morgan fingerprint density at radius 1 is 0.371 bits per heavy atom. The van der Waals surface area contributed by atoms with Gasteiger partial charge in [0.2, 0.25) is 0 Å². The fourth-order valence-electron chi connectivity index (χ4n) is 5.82. The number of benzene rings is 1. The molecule has 40 heteroatoms. The molecule has 0 saturated heterocycles. The monoisotopic (exact) mass is 1100 g/mol. The highest BCUT2D eigenvalue weighted by Crippen LogP contribution is 2.73. The number of hydrogen-bond acceptors (Lipinski definition) is 30. The third kappa shape index (κ3) is 15.4. The van der Waals surface area contributed by atoms with E-state index in [4.69, 9.17) is 31.7 Å². The van der Waals surface area contributed by atoms with Crippen molar-refractivity contribution in [2.75, 3.05) is 0 Å². The molecule has 20 N–H and O–H groups in total. The Bertz CT molecular complexity index is 1440. The van der Waals surface area contributed by atoms with Gasteiger partial charge in [0.05, 0.1) is 0 Å². The summed E-state index contributed by atoms with van der Waals surface area (Å²) in [4.78, 5) is 212. The highest BCUT2D eigenvalue weighted by Gasteiger charge is 2.90. The first-order chi connectivity index (χ1) is 28.1. The fourth-order valence-corrected chi connectivity index (χ4v) is 11.1. The fraction of sp³-hybridized carbons (Fsp3) is 0.727. The Hall–Kier alpha value is 2.32. The SMILES string of the molecule is CCCC(OP(O)O)(c1ccc(C(C)(C)C)cc1C(C)(C)C)C(OP(O)O)(OP(O)O)C(OP(O)O)(OP(O)O)C(OP(O)O)(OP(O)O)C(OP(O)O)(OP(O)O)OP(O)O. The zero-order chi connectivity index (χ0) is 48.6. The first-order valence-corrected chi connectivity index (χ1v) is 27.6. The van der Waals surface area contributed by atoms with Crippen molar-refractivity contribution in [3.8, 4) is 0 Å². The van der Waals surface area contributed by atoms with Gasteiger partial charge in [0.1, 0.15) is 0 Å². The number of rotatable bonds is 27. The molecule has 0 aliphatic rings. The molecule has 1 atom stereocenters. The summed E-state index contributed by atoms with van der Waals surface area (Å²) >= 11 is 0. The average Bonchev–Trinajstić information content (AvgIpc) is 3.03. The van der Waals surface area contributed by atoms with Crippen LogP contribution >= 0.6 is 86.0 Å². The minimum absolute atomic E-state index is 0.120. The van der Waals surface area contributed by atoms with Gasteiger partial charge in [-0.15, -0.1) is 0 Å². The molecule has 0 saturated carbocycles. The molecule has 0 heterocycles. The Kier molecular flexibility index (Phi) is 25.6. The van der Waals surface area contributed by atoms with E-state index in [1.54, 1.807) is 20.8 Å². The molecular formula is C22H48O30P10. The summed E-state index contributed by atoms with van der Waals surface area (Å²) in [6.45, 7) is 10.9. The molecule has 30 nitrogen and oxygen atoms in total. The highest BCUT2D eigenvalue weighted by atomic mass is 31.2. The van der Waals surface area contributed by atoms with Crippen molar-refractivity contribution in [1.29, 1.82) is 0 Å². The van der Waals surface area contributed by atoms with E-state index in [-0.39, 0.29) is 5.56 Å². The molecule has 0 radical (unpaired) electrons. The number of hydrogen-bond donors (Lipinski definition) is 20. The lowest BCUT2D eigenvalue weighted by Gasteiger charge is -2.61. The lowest BCUT2D eigenvalue weighted by Crippen LogP contribution is -2.83. The second-order valence-electron chi connectivity index (χ2n) is 13.7. The van der Waals surface area contributed by atoms with Crippen LogP contribution in [0.4, 0.5) is 0 Å². The molecule has 0 amide bonds. The van der Waals surface area contributed by atoms with Crippen LogP contribution in [0.5, 0.6) is 0 Å². The van der Waals surface area contributed by atoms with Gasteiger partial charge in [-0.25, -0.2) is 13.6 Å². The van der Waals surface area contributed by atoms with Gasteiger partial charge in [-0.1, -0.05) is 73.1 Å². The molecule has 1 aromatic carbocycles. The smallest absolute Gasteiger partial charge is 0.328 e. The van der Waals surface area contributed by atoms with E-state index in [1.807, 2.05) is 0 Å². The molecule has 366 valence electrons. The van der Waals surface area contributed by atoms with Gasteiger partial charge in [0.15, 0.2) is 5.60 Å². The molecule has 0 aliphatic heterocycles. The van der Waals surface area contributed by atoms with Crippen LogP contribution in [0.1, 0.15) is 78.0 Å². The summed E-state index contributed by atoms with van der Waals surface area (Å²) in [6, 6.07) is 3.70. The quantitative estimate of drug-likeness (QED) is 0.0436. The van der Waals surface area contributed by atoms with Crippen LogP contribution in [0, 0.1) is 0 Å². The minimum Gasteiger partial charge on any atom is -0.328 e. The summed E-state index contributed by atoms with van der Waals surface area (Å²) in [5, 5.41) is 0. The van der Waals surface area contributed by atoms with E-state index >= 15 is 0 Å². The molecule has 0 aromatic heterocycles. The molecule has 62 heavy (non-hydrogen) atoms. The third-order valence-electron chi connectivity index (χ3n) is 7.64. The molecule has 0 fully saturated rings. The van der Waals surface area contributed by atoms with E-state index in [2.05, 4.69) is 13.6 Å². The predicted molar refractivity (Wildman–Crippen MR) is 216 cm³/mol. The summed E-state index contributed by atoms with van der Waals surface area (Å²) in [5.74, 6) is -20.7. The van der Waals surface area contributed by atoms with E-state index in [9.17, 15) is 97.9 Å². The van der Waals surface area contributed by atoms with Crippen LogP contribution in [0.2, 0.25) is 0 Å². The lowest BCUT2D eigenvalue weighted by molar-refractivity contribution is -0.508. The molecule has 0 bridgehead atoms. The summed E-state index contributed by atoms with van der Waals surface area (Å²) < 4.78 is 50.7. The molecular weight excluding hydrogens is 1050 g/mol. The summed E-state index contributed by atoms with van der Waals surface area (Å²) in [6.07, 6.45) is -1.71. The van der Waals surface area contributed by atoms with Crippen molar-refractivity contribution in [2.45, 2.75) is 101 Å². The summed E-state index contributed by atoms with van der Waals surface area (Å²) in [5.41, 5.74) is -6.20. The van der Waals surface area contributed by atoms with E-state index in [1.165, 1.54) is 39.8 Å². The molecule has 0 spiro atoms. The van der Waals surface area contributed by atoms with Gasteiger partial charge >= 0.3 is 104 Å². The largest absolute Gasteiger partial charge is 0.367 e. The maximum absolute atomic E-state index is 10.8. The van der Waals surface area contributed by atoms with Crippen molar-refractivity contribution in [2.24, 2.45) is 0 Å². The Balaban J connectivity index is 5.78. The van der Waals surface area contributed by atoms with Crippen LogP contribution in [-0.4, -0.2) is 121 Å². The van der Waals surface area contributed by atoms with Gasteiger partial charge in [0, 0.05) is 0 Å². The third-order valence-corrected chi connectivity index (χ3v) is 11.8. The van der Waals surface area contributed by atoms with Crippen LogP contribution in [-0.2, 0) is 61.7 Å². The predicted octanol–water partition coefficient (Wildman–Crippen LogP) is 1.30. The van der Waals surface area contributed by atoms with Crippen LogP contribution in [0.25, 0.3) is 0 Å². The average molecular weight is 1100 g/mol. The van der Waals surface area contributed by atoms with Crippen molar-refractivity contribution in [1.82, 2.24) is 0 Å². The maximum Gasteiger partial charge on any atom is 0.367 e. The van der Waals surface area contributed by atoms with Crippen LogP contribution in [0.15, 0.2) is 18.2 Å². The van der Waals surface area contributed by atoms with Gasteiger partial charge in [-0.05, 0) is 33.9 Å². The van der Waals surface area contributed by atoms with Crippen molar-refractivity contribution >= 4 is 86.0 Å². The second-order valence-corrected chi connectivity index (χ2v) is 20.6. The Morgan fingerprint density at radius 3 is 0.952 bits per heavy atom. The van der Waals surface area contributed by atoms with Crippen molar-refractivity contribution in [3.63, 3.8) is 0 Å². The lowest BCUT2D eigenvalue weighted by atomic mass is 9.68.